The van der Waals surface area contributed by atoms with Gasteiger partial charge in [-0.3, -0.25) is 0 Å². The first kappa shape index (κ1) is 15.6. The Morgan fingerprint density at radius 3 is 2.63 bits per heavy atom. The zero-order valence-corrected chi connectivity index (χ0v) is 12.9. The summed E-state index contributed by atoms with van der Waals surface area (Å²) in [6.07, 6.45) is 6.53. The van der Waals surface area contributed by atoms with E-state index in [1.807, 2.05) is 20.2 Å². The van der Waals surface area contributed by atoms with Crippen LogP contribution in [0, 0.1) is 0 Å². The smallest absolute Gasteiger partial charge is 0.239 e. The molecule has 0 aliphatic rings. The van der Waals surface area contributed by atoms with Gasteiger partial charge < -0.3 is 15.0 Å². The number of hydrogen-bond donors (Lipinski definition) is 1. The molecule has 1 heterocycles. The molecule has 0 fully saturated rings. The zero-order chi connectivity index (χ0) is 14.3. The molecule has 0 bridgehead atoms. The van der Waals surface area contributed by atoms with Crippen molar-refractivity contribution in [1.29, 1.82) is 0 Å². The normalized spacial score (nSPS) is 12.1. The van der Waals surface area contributed by atoms with E-state index in [1.165, 1.54) is 19.3 Å². The van der Waals surface area contributed by atoms with Crippen LogP contribution >= 0.6 is 0 Å². The van der Waals surface area contributed by atoms with E-state index >= 15 is 0 Å². The summed E-state index contributed by atoms with van der Waals surface area (Å²) in [4.78, 5) is 6.38. The van der Waals surface area contributed by atoms with E-state index in [0.717, 1.165) is 17.8 Å². The summed E-state index contributed by atoms with van der Waals surface area (Å²) in [5, 5.41) is 3.60. The fraction of sp³-hybridized carbons (Fsp3) is 0.667. The van der Waals surface area contributed by atoms with Gasteiger partial charge in [0.2, 0.25) is 5.88 Å². The average molecular weight is 265 g/mol. The number of nitrogens with one attached hydrogen (secondary N) is 1. The third-order valence-electron chi connectivity index (χ3n) is 3.32. The molecular formula is C15H27N3O. The lowest BCUT2D eigenvalue weighted by atomic mass is 10.1. The first-order valence-electron chi connectivity index (χ1n) is 7.10. The van der Waals surface area contributed by atoms with Gasteiger partial charge in [0, 0.05) is 26.3 Å². The highest BCUT2D eigenvalue weighted by Crippen LogP contribution is 2.33. The second-order valence-corrected chi connectivity index (χ2v) is 5.00. The first-order chi connectivity index (χ1) is 9.13. The maximum Gasteiger partial charge on any atom is 0.239 e. The molecular weight excluding hydrogens is 238 g/mol. The van der Waals surface area contributed by atoms with E-state index in [1.54, 1.807) is 13.3 Å². The molecule has 0 radical (unpaired) electrons. The fourth-order valence-corrected chi connectivity index (χ4v) is 2.13. The second kappa shape index (κ2) is 7.87. The van der Waals surface area contributed by atoms with Gasteiger partial charge in [0.1, 0.15) is 5.69 Å². The Morgan fingerprint density at radius 1 is 1.37 bits per heavy atom. The monoisotopic (exact) mass is 265 g/mol. The van der Waals surface area contributed by atoms with Crippen LogP contribution in [0.15, 0.2) is 12.3 Å². The molecule has 1 atom stereocenters. The molecule has 1 aromatic heterocycles. The number of anilines is 2. The molecule has 1 N–H and O–H groups in total. The van der Waals surface area contributed by atoms with Crippen molar-refractivity contribution in [2.45, 2.75) is 45.6 Å². The average Bonchev–Trinajstić information content (AvgIpc) is 2.42. The van der Waals surface area contributed by atoms with Crippen LogP contribution in [0.3, 0.4) is 0 Å². The van der Waals surface area contributed by atoms with Gasteiger partial charge in [0.05, 0.1) is 12.8 Å². The van der Waals surface area contributed by atoms with Gasteiger partial charge in [-0.25, -0.2) is 4.98 Å². The van der Waals surface area contributed by atoms with E-state index in [0.29, 0.717) is 11.9 Å². The summed E-state index contributed by atoms with van der Waals surface area (Å²) in [6.45, 7) is 4.44. The van der Waals surface area contributed by atoms with Gasteiger partial charge >= 0.3 is 0 Å². The Bertz CT molecular complexity index is 380. The lowest BCUT2D eigenvalue weighted by Crippen LogP contribution is -2.21. The molecule has 0 amide bonds. The van der Waals surface area contributed by atoms with Crippen LogP contribution in [0.25, 0.3) is 0 Å². The van der Waals surface area contributed by atoms with Crippen molar-refractivity contribution in [2.24, 2.45) is 0 Å². The minimum atomic E-state index is 0.469. The number of methoxy groups -OCH3 is 1. The van der Waals surface area contributed by atoms with Crippen LogP contribution in [0.4, 0.5) is 11.4 Å². The molecule has 0 aliphatic heterocycles. The number of ether oxygens (including phenoxy) is 1. The van der Waals surface area contributed by atoms with E-state index < -0.39 is 0 Å². The van der Waals surface area contributed by atoms with Crippen LogP contribution in [-0.4, -0.2) is 32.2 Å². The fourth-order valence-electron chi connectivity index (χ4n) is 2.13. The van der Waals surface area contributed by atoms with Crippen LogP contribution < -0.4 is 15.0 Å². The zero-order valence-electron chi connectivity index (χ0n) is 12.9. The molecule has 108 valence electrons. The molecule has 1 unspecified atom stereocenters. The molecule has 19 heavy (non-hydrogen) atoms. The standard InChI is InChI=1S/C15H27N3O/c1-6-8-9-12(7-2)17-14-13(18(3)4)10-11-16-15(14)19-5/h10-12,17H,6-9H2,1-5H3. The van der Waals surface area contributed by atoms with Crippen LogP contribution in [0.1, 0.15) is 39.5 Å². The lowest BCUT2D eigenvalue weighted by Gasteiger charge is -2.24. The van der Waals surface area contributed by atoms with E-state index in [-0.39, 0.29) is 0 Å². The number of rotatable bonds is 8. The number of pyridine rings is 1. The number of hydrogen-bond acceptors (Lipinski definition) is 4. The topological polar surface area (TPSA) is 37.4 Å². The molecule has 1 aromatic rings. The quantitative estimate of drug-likeness (QED) is 0.780. The van der Waals surface area contributed by atoms with Gasteiger partial charge in [-0.05, 0) is 18.9 Å². The number of aromatic nitrogens is 1. The summed E-state index contributed by atoms with van der Waals surface area (Å²) >= 11 is 0. The predicted octanol–water partition coefficient (Wildman–Crippen LogP) is 3.54. The van der Waals surface area contributed by atoms with E-state index in [9.17, 15) is 0 Å². The van der Waals surface area contributed by atoms with E-state index in [4.69, 9.17) is 4.74 Å². The van der Waals surface area contributed by atoms with Crippen molar-refractivity contribution in [3.05, 3.63) is 12.3 Å². The van der Waals surface area contributed by atoms with Gasteiger partial charge in [-0.1, -0.05) is 26.7 Å². The Hall–Kier alpha value is -1.45. The third-order valence-corrected chi connectivity index (χ3v) is 3.32. The molecule has 0 aliphatic carbocycles. The van der Waals surface area contributed by atoms with Crippen LogP contribution in [0.2, 0.25) is 0 Å². The van der Waals surface area contributed by atoms with Crippen molar-refractivity contribution in [3.8, 4) is 5.88 Å². The Balaban J connectivity index is 2.95. The Morgan fingerprint density at radius 2 is 2.11 bits per heavy atom. The van der Waals surface area contributed by atoms with Crippen molar-refractivity contribution >= 4 is 11.4 Å². The highest BCUT2D eigenvalue weighted by atomic mass is 16.5. The van der Waals surface area contributed by atoms with Crippen LogP contribution in [0.5, 0.6) is 5.88 Å². The largest absolute Gasteiger partial charge is 0.479 e. The van der Waals surface area contributed by atoms with Gasteiger partial charge in [-0.2, -0.15) is 0 Å². The minimum Gasteiger partial charge on any atom is -0.479 e. The maximum absolute atomic E-state index is 5.39. The first-order valence-corrected chi connectivity index (χ1v) is 7.10. The van der Waals surface area contributed by atoms with Crippen molar-refractivity contribution in [1.82, 2.24) is 4.98 Å². The van der Waals surface area contributed by atoms with E-state index in [2.05, 4.69) is 29.0 Å². The molecule has 0 spiro atoms. The Kier molecular flexibility index (Phi) is 6.46. The second-order valence-electron chi connectivity index (χ2n) is 5.00. The summed E-state index contributed by atoms with van der Waals surface area (Å²) in [6, 6.07) is 2.48. The molecule has 4 heteroatoms. The summed E-state index contributed by atoms with van der Waals surface area (Å²) in [5.41, 5.74) is 2.11. The molecule has 0 aromatic carbocycles. The SMILES string of the molecule is CCCCC(CC)Nc1c(N(C)C)ccnc1OC. The summed E-state index contributed by atoms with van der Waals surface area (Å²) in [7, 11) is 5.74. The van der Waals surface area contributed by atoms with Gasteiger partial charge in [-0.15, -0.1) is 0 Å². The minimum absolute atomic E-state index is 0.469. The molecule has 4 nitrogen and oxygen atoms in total. The van der Waals surface area contributed by atoms with Crippen molar-refractivity contribution in [2.75, 3.05) is 31.4 Å². The number of nitrogens with zero attached hydrogens (tertiary/aromatic N) is 2. The van der Waals surface area contributed by atoms with Crippen molar-refractivity contribution < 1.29 is 4.74 Å². The number of unbranched alkanes of at least 4 members (excludes halogenated alkanes) is 1. The van der Waals surface area contributed by atoms with Gasteiger partial charge in [0.15, 0.2) is 0 Å². The third kappa shape index (κ3) is 4.30. The van der Waals surface area contributed by atoms with Crippen LogP contribution in [-0.2, 0) is 0 Å². The van der Waals surface area contributed by atoms with Gasteiger partial charge in [0.25, 0.3) is 0 Å². The summed E-state index contributed by atoms with van der Waals surface area (Å²) in [5.74, 6) is 0.668. The molecule has 1 rings (SSSR count). The lowest BCUT2D eigenvalue weighted by molar-refractivity contribution is 0.399. The Labute approximate surface area is 117 Å². The van der Waals surface area contributed by atoms with Crippen molar-refractivity contribution in [3.63, 3.8) is 0 Å². The highest BCUT2D eigenvalue weighted by molar-refractivity contribution is 5.74. The summed E-state index contributed by atoms with van der Waals surface area (Å²) < 4.78 is 5.39. The highest BCUT2D eigenvalue weighted by Gasteiger charge is 2.15. The predicted molar refractivity (Wildman–Crippen MR) is 82.3 cm³/mol. The molecule has 0 saturated heterocycles. The molecule has 0 saturated carbocycles. The maximum atomic E-state index is 5.39.